The zero-order chi connectivity index (χ0) is 20.9. The minimum atomic E-state index is -0.731. The van der Waals surface area contributed by atoms with E-state index in [2.05, 4.69) is 52.5 Å². The van der Waals surface area contributed by atoms with Gasteiger partial charge in [0.05, 0.1) is 0 Å². The van der Waals surface area contributed by atoms with Crippen molar-refractivity contribution >= 4 is 11.8 Å². The first-order valence-corrected chi connectivity index (χ1v) is 9.87. The monoisotopic (exact) mass is 374 g/mol. The molecule has 0 fully saturated rings. The van der Waals surface area contributed by atoms with E-state index in [0.717, 1.165) is 32.1 Å². The van der Waals surface area contributed by atoms with Gasteiger partial charge in [-0.3, -0.25) is 9.59 Å². The van der Waals surface area contributed by atoms with Crippen LogP contribution in [0, 0.1) is 0 Å². The number of carbonyl (C=O) groups excluding carboxylic acids is 2. The van der Waals surface area contributed by atoms with E-state index in [0.29, 0.717) is 6.42 Å². The summed E-state index contributed by atoms with van der Waals surface area (Å²) in [6.45, 7) is 15.6. The molecule has 0 saturated heterocycles. The van der Waals surface area contributed by atoms with Gasteiger partial charge in [0.25, 0.3) is 0 Å². The summed E-state index contributed by atoms with van der Waals surface area (Å²) in [6, 6.07) is 0. The van der Waals surface area contributed by atoms with Crippen molar-refractivity contribution in [1.29, 1.82) is 0 Å². The first-order chi connectivity index (χ1) is 12.6. The third-order valence-corrected chi connectivity index (χ3v) is 4.43. The molecule has 0 aliphatic heterocycles. The van der Waals surface area contributed by atoms with Crippen molar-refractivity contribution < 1.29 is 14.3 Å². The van der Waals surface area contributed by atoms with Gasteiger partial charge in [-0.25, -0.2) is 0 Å². The normalized spacial score (nSPS) is 14.3. The number of allylic oxidation sites excluding steroid dienone is 6. The lowest BCUT2D eigenvalue weighted by Gasteiger charge is -2.25. The van der Waals surface area contributed by atoms with Crippen LogP contribution in [0.5, 0.6) is 0 Å². The summed E-state index contributed by atoms with van der Waals surface area (Å²) in [5, 5.41) is 0. The summed E-state index contributed by atoms with van der Waals surface area (Å²) in [7, 11) is 0. The molecule has 3 nitrogen and oxygen atoms in total. The number of Topliss-reactive ketones (excluding diaryl/α,β-unsaturated/α-hetero) is 1. The molecule has 1 atom stereocenters. The van der Waals surface area contributed by atoms with Crippen LogP contribution in [0.3, 0.4) is 0 Å². The lowest BCUT2D eigenvalue weighted by atomic mass is 9.98. The lowest BCUT2D eigenvalue weighted by molar-refractivity contribution is -0.155. The summed E-state index contributed by atoms with van der Waals surface area (Å²) < 4.78 is 5.43. The molecule has 0 spiro atoms. The van der Waals surface area contributed by atoms with E-state index in [1.165, 1.54) is 23.6 Å². The van der Waals surface area contributed by atoms with Crippen LogP contribution < -0.4 is 0 Å². The molecule has 3 heteroatoms. The minimum absolute atomic E-state index is 0.183. The predicted octanol–water partition coefficient (Wildman–Crippen LogP) is 6.65. The summed E-state index contributed by atoms with van der Waals surface area (Å²) >= 11 is 0. The summed E-state index contributed by atoms with van der Waals surface area (Å²) in [4.78, 5) is 22.8. The SMILES string of the molecule is C=CC(C)(CC/C=C(\C)CC/C=C(\C)CCC=C(C)C)OC(=O)CC(C)=O. The first kappa shape index (κ1) is 25.1. The highest BCUT2D eigenvalue weighted by atomic mass is 16.6. The Bertz CT molecular complexity index is 589. The summed E-state index contributed by atoms with van der Waals surface area (Å²) in [5.74, 6) is -0.675. The Labute approximate surface area is 166 Å². The van der Waals surface area contributed by atoms with E-state index >= 15 is 0 Å². The number of hydrogen-bond acceptors (Lipinski definition) is 3. The van der Waals surface area contributed by atoms with Crippen molar-refractivity contribution in [2.75, 3.05) is 0 Å². The smallest absolute Gasteiger partial charge is 0.314 e. The second-order valence-corrected chi connectivity index (χ2v) is 7.87. The molecular formula is C24H38O3. The van der Waals surface area contributed by atoms with Gasteiger partial charge in [0, 0.05) is 0 Å². The zero-order valence-corrected chi connectivity index (χ0v) is 18.2. The van der Waals surface area contributed by atoms with Crippen LogP contribution in [0.25, 0.3) is 0 Å². The molecule has 0 aromatic heterocycles. The fraction of sp³-hybridized carbons (Fsp3) is 0.583. The molecule has 0 bridgehead atoms. The molecule has 0 aromatic rings. The van der Waals surface area contributed by atoms with E-state index in [1.54, 1.807) is 6.08 Å². The van der Waals surface area contributed by atoms with Crippen LogP contribution in [0.1, 0.15) is 86.5 Å². The highest BCUT2D eigenvalue weighted by Crippen LogP contribution is 2.21. The standard InChI is InChI=1S/C24H38O3/c1-8-24(7,27-23(26)18-22(6)25)17-11-16-21(5)15-10-14-20(4)13-9-12-19(2)3/h8,12,14,16H,1,9-11,13,15,17-18H2,2-7H3/b20-14+,21-16+. The Morgan fingerprint density at radius 1 is 0.889 bits per heavy atom. The van der Waals surface area contributed by atoms with E-state index in [1.807, 2.05) is 6.92 Å². The third kappa shape index (κ3) is 13.9. The van der Waals surface area contributed by atoms with Crippen molar-refractivity contribution in [3.05, 3.63) is 47.6 Å². The number of ketones is 1. The first-order valence-electron chi connectivity index (χ1n) is 9.87. The maximum absolute atomic E-state index is 11.7. The second-order valence-electron chi connectivity index (χ2n) is 7.87. The van der Waals surface area contributed by atoms with Gasteiger partial charge in [0.15, 0.2) is 0 Å². The van der Waals surface area contributed by atoms with Crippen molar-refractivity contribution in [3.63, 3.8) is 0 Å². The van der Waals surface area contributed by atoms with Crippen LogP contribution in [0.4, 0.5) is 0 Å². The van der Waals surface area contributed by atoms with Crippen molar-refractivity contribution in [2.24, 2.45) is 0 Å². The molecule has 152 valence electrons. The molecule has 0 aromatic carbocycles. The number of hydrogen-bond donors (Lipinski definition) is 0. The van der Waals surface area contributed by atoms with Crippen molar-refractivity contribution in [2.45, 2.75) is 92.1 Å². The topological polar surface area (TPSA) is 43.4 Å². The van der Waals surface area contributed by atoms with Crippen molar-refractivity contribution in [3.8, 4) is 0 Å². The van der Waals surface area contributed by atoms with Gasteiger partial charge in [-0.2, -0.15) is 0 Å². The van der Waals surface area contributed by atoms with Crippen LogP contribution in [-0.4, -0.2) is 17.4 Å². The highest BCUT2D eigenvalue weighted by Gasteiger charge is 2.24. The maximum atomic E-state index is 11.7. The largest absolute Gasteiger partial charge is 0.455 e. The molecule has 0 heterocycles. The average Bonchev–Trinajstić information content (AvgIpc) is 2.53. The molecule has 0 amide bonds. The molecular weight excluding hydrogens is 336 g/mol. The molecule has 0 saturated carbocycles. The Kier molecular flexibility index (Phi) is 12.4. The van der Waals surface area contributed by atoms with Gasteiger partial charge in [-0.05, 0) is 86.1 Å². The molecule has 0 aliphatic carbocycles. The van der Waals surface area contributed by atoms with Crippen LogP contribution in [0.15, 0.2) is 47.6 Å². The summed E-state index contributed by atoms with van der Waals surface area (Å²) in [5.41, 5.74) is 3.42. The second kappa shape index (κ2) is 13.3. The quantitative estimate of drug-likeness (QED) is 0.206. The molecule has 27 heavy (non-hydrogen) atoms. The van der Waals surface area contributed by atoms with Crippen molar-refractivity contribution in [1.82, 2.24) is 0 Å². The highest BCUT2D eigenvalue weighted by molar-refractivity contribution is 5.94. The molecule has 0 rings (SSSR count). The van der Waals surface area contributed by atoms with E-state index in [4.69, 9.17) is 4.74 Å². The molecule has 0 aliphatic rings. The van der Waals surface area contributed by atoms with Crippen LogP contribution in [0.2, 0.25) is 0 Å². The van der Waals surface area contributed by atoms with Crippen LogP contribution >= 0.6 is 0 Å². The summed E-state index contributed by atoms with van der Waals surface area (Å²) in [6.07, 6.45) is 14.1. The Morgan fingerprint density at radius 2 is 1.41 bits per heavy atom. The predicted molar refractivity (Wildman–Crippen MR) is 115 cm³/mol. The fourth-order valence-electron chi connectivity index (χ4n) is 2.64. The molecule has 0 radical (unpaired) electrons. The molecule has 0 N–H and O–H groups in total. The third-order valence-electron chi connectivity index (χ3n) is 4.43. The minimum Gasteiger partial charge on any atom is -0.455 e. The molecule has 1 unspecified atom stereocenters. The van der Waals surface area contributed by atoms with Crippen LogP contribution in [-0.2, 0) is 14.3 Å². The van der Waals surface area contributed by atoms with Gasteiger partial charge in [0.2, 0.25) is 0 Å². The number of rotatable bonds is 13. The number of ether oxygens (including phenoxy) is 1. The lowest BCUT2D eigenvalue weighted by Crippen LogP contribution is -2.29. The number of carbonyl (C=O) groups is 2. The van der Waals surface area contributed by atoms with Gasteiger partial charge in [0.1, 0.15) is 17.8 Å². The van der Waals surface area contributed by atoms with Gasteiger partial charge < -0.3 is 4.74 Å². The van der Waals surface area contributed by atoms with Gasteiger partial charge in [-0.1, -0.05) is 41.5 Å². The number of esters is 1. The van der Waals surface area contributed by atoms with Gasteiger partial charge >= 0.3 is 5.97 Å². The Morgan fingerprint density at radius 3 is 1.89 bits per heavy atom. The van der Waals surface area contributed by atoms with E-state index < -0.39 is 11.6 Å². The fourth-order valence-corrected chi connectivity index (χ4v) is 2.64. The van der Waals surface area contributed by atoms with Gasteiger partial charge in [-0.15, -0.1) is 0 Å². The zero-order valence-electron chi connectivity index (χ0n) is 18.2. The maximum Gasteiger partial charge on any atom is 0.314 e. The Balaban J connectivity index is 4.35. The average molecular weight is 375 g/mol. The van der Waals surface area contributed by atoms with E-state index in [9.17, 15) is 9.59 Å². The Hall–Kier alpha value is -1.90. The van der Waals surface area contributed by atoms with E-state index in [-0.39, 0.29) is 12.2 Å².